The summed E-state index contributed by atoms with van der Waals surface area (Å²) in [6.07, 6.45) is 0.987. The SMILES string of the molecule is CCc1cccc(Oc2ccc(C(N)=S)c(Br)c2)c1. The molecule has 0 bridgehead atoms. The topological polar surface area (TPSA) is 35.2 Å². The molecule has 0 aliphatic carbocycles. The lowest BCUT2D eigenvalue weighted by Gasteiger charge is -2.09. The van der Waals surface area contributed by atoms with Crippen LogP contribution in [-0.2, 0) is 6.42 Å². The molecule has 2 aromatic carbocycles. The number of hydrogen-bond acceptors (Lipinski definition) is 2. The van der Waals surface area contributed by atoms with E-state index in [1.807, 2.05) is 36.4 Å². The van der Waals surface area contributed by atoms with Gasteiger partial charge in [0, 0.05) is 10.0 Å². The third-order valence-electron chi connectivity index (χ3n) is 2.75. The van der Waals surface area contributed by atoms with Crippen LogP contribution in [-0.4, -0.2) is 4.99 Å². The normalized spacial score (nSPS) is 10.2. The molecule has 0 aliphatic rings. The Morgan fingerprint density at radius 3 is 2.58 bits per heavy atom. The molecule has 0 unspecified atom stereocenters. The molecular weight excluding hydrogens is 322 g/mol. The molecule has 2 N–H and O–H groups in total. The quantitative estimate of drug-likeness (QED) is 0.839. The fraction of sp³-hybridized carbons (Fsp3) is 0.133. The van der Waals surface area contributed by atoms with Crippen LogP contribution in [0.5, 0.6) is 11.5 Å². The molecule has 98 valence electrons. The molecule has 0 radical (unpaired) electrons. The van der Waals surface area contributed by atoms with E-state index in [0.717, 1.165) is 28.0 Å². The zero-order valence-corrected chi connectivity index (χ0v) is 12.9. The van der Waals surface area contributed by atoms with Crippen molar-refractivity contribution in [3.63, 3.8) is 0 Å². The van der Waals surface area contributed by atoms with Gasteiger partial charge in [-0.05, 0) is 58.2 Å². The highest BCUT2D eigenvalue weighted by Gasteiger charge is 2.05. The van der Waals surface area contributed by atoms with Gasteiger partial charge in [-0.1, -0.05) is 31.3 Å². The maximum Gasteiger partial charge on any atom is 0.128 e. The second-order valence-electron chi connectivity index (χ2n) is 4.11. The summed E-state index contributed by atoms with van der Waals surface area (Å²) in [7, 11) is 0. The van der Waals surface area contributed by atoms with E-state index in [9.17, 15) is 0 Å². The van der Waals surface area contributed by atoms with Crippen molar-refractivity contribution < 1.29 is 4.74 Å². The molecule has 0 fully saturated rings. The Bertz CT molecular complexity index is 613. The number of hydrogen-bond donors (Lipinski definition) is 1. The summed E-state index contributed by atoms with van der Waals surface area (Å²) in [6, 6.07) is 13.6. The first kappa shape index (κ1) is 14.0. The van der Waals surface area contributed by atoms with Gasteiger partial charge in [0.15, 0.2) is 0 Å². The largest absolute Gasteiger partial charge is 0.457 e. The summed E-state index contributed by atoms with van der Waals surface area (Å²) in [5.41, 5.74) is 7.67. The van der Waals surface area contributed by atoms with Crippen LogP contribution in [0.1, 0.15) is 18.1 Å². The van der Waals surface area contributed by atoms with E-state index < -0.39 is 0 Å². The molecule has 2 aromatic rings. The minimum atomic E-state index is 0.367. The Labute approximate surface area is 126 Å². The molecule has 0 atom stereocenters. The number of rotatable bonds is 4. The van der Waals surface area contributed by atoms with Crippen LogP contribution in [0, 0.1) is 0 Å². The van der Waals surface area contributed by atoms with Crippen LogP contribution < -0.4 is 10.5 Å². The Balaban J connectivity index is 2.23. The molecule has 0 spiro atoms. The van der Waals surface area contributed by atoms with Crippen molar-refractivity contribution in [2.75, 3.05) is 0 Å². The predicted octanol–water partition coefficient (Wildman–Crippen LogP) is 4.44. The first-order valence-electron chi connectivity index (χ1n) is 5.96. The van der Waals surface area contributed by atoms with Crippen LogP contribution in [0.3, 0.4) is 0 Å². The first-order valence-corrected chi connectivity index (χ1v) is 7.16. The fourth-order valence-electron chi connectivity index (χ4n) is 1.72. The highest BCUT2D eigenvalue weighted by Crippen LogP contribution is 2.27. The molecule has 0 heterocycles. The van der Waals surface area contributed by atoms with E-state index in [1.165, 1.54) is 5.56 Å². The zero-order chi connectivity index (χ0) is 13.8. The van der Waals surface area contributed by atoms with Gasteiger partial charge < -0.3 is 10.5 Å². The highest BCUT2D eigenvalue weighted by atomic mass is 79.9. The molecule has 4 heteroatoms. The number of thiocarbonyl (C=S) groups is 1. The van der Waals surface area contributed by atoms with Crippen molar-refractivity contribution in [2.45, 2.75) is 13.3 Å². The predicted molar refractivity (Wildman–Crippen MR) is 85.9 cm³/mol. The maximum atomic E-state index is 5.82. The standard InChI is InChI=1S/C15H14BrNOS/c1-2-10-4-3-5-11(8-10)18-12-6-7-13(15(17)19)14(16)9-12/h3-9H,2H2,1H3,(H2,17,19). The van der Waals surface area contributed by atoms with Crippen LogP contribution in [0.4, 0.5) is 0 Å². The van der Waals surface area contributed by atoms with Crippen LogP contribution in [0.25, 0.3) is 0 Å². The second-order valence-corrected chi connectivity index (χ2v) is 5.40. The second kappa shape index (κ2) is 6.17. The lowest BCUT2D eigenvalue weighted by atomic mass is 10.1. The highest BCUT2D eigenvalue weighted by molar-refractivity contribution is 9.10. The molecule has 2 nitrogen and oxygen atoms in total. The summed E-state index contributed by atoms with van der Waals surface area (Å²) in [6.45, 7) is 2.12. The van der Waals surface area contributed by atoms with Crippen molar-refractivity contribution in [1.29, 1.82) is 0 Å². The van der Waals surface area contributed by atoms with Gasteiger partial charge in [-0.2, -0.15) is 0 Å². The van der Waals surface area contributed by atoms with Gasteiger partial charge in [0.05, 0.1) is 0 Å². The molecule has 0 aromatic heterocycles. The molecule has 0 saturated heterocycles. The lowest BCUT2D eigenvalue weighted by molar-refractivity contribution is 0.481. The van der Waals surface area contributed by atoms with E-state index >= 15 is 0 Å². The number of halogens is 1. The Hall–Kier alpha value is -1.39. The van der Waals surface area contributed by atoms with Crippen LogP contribution in [0.15, 0.2) is 46.9 Å². The van der Waals surface area contributed by atoms with E-state index in [0.29, 0.717) is 4.99 Å². The Morgan fingerprint density at radius 2 is 1.95 bits per heavy atom. The van der Waals surface area contributed by atoms with Crippen LogP contribution in [0.2, 0.25) is 0 Å². The molecule has 0 aliphatic heterocycles. The van der Waals surface area contributed by atoms with E-state index in [4.69, 9.17) is 22.7 Å². The van der Waals surface area contributed by atoms with E-state index in [-0.39, 0.29) is 0 Å². The van der Waals surface area contributed by atoms with Gasteiger partial charge in [0.2, 0.25) is 0 Å². The first-order chi connectivity index (χ1) is 9.10. The summed E-state index contributed by atoms with van der Waals surface area (Å²) in [5.74, 6) is 1.58. The van der Waals surface area contributed by atoms with Gasteiger partial charge in [-0.15, -0.1) is 0 Å². The summed E-state index contributed by atoms with van der Waals surface area (Å²) in [4.78, 5) is 0.367. The van der Waals surface area contributed by atoms with Gasteiger partial charge in [0.25, 0.3) is 0 Å². The molecule has 0 saturated carbocycles. The molecule has 2 rings (SSSR count). The maximum absolute atomic E-state index is 5.82. The minimum Gasteiger partial charge on any atom is -0.457 e. The van der Waals surface area contributed by atoms with Crippen LogP contribution >= 0.6 is 28.1 Å². The van der Waals surface area contributed by atoms with Crippen molar-refractivity contribution in [3.05, 3.63) is 58.1 Å². The van der Waals surface area contributed by atoms with Gasteiger partial charge in [0.1, 0.15) is 16.5 Å². The molecular formula is C15H14BrNOS. The lowest BCUT2D eigenvalue weighted by Crippen LogP contribution is -2.09. The number of ether oxygens (including phenoxy) is 1. The van der Waals surface area contributed by atoms with Gasteiger partial charge in [-0.3, -0.25) is 0 Å². The monoisotopic (exact) mass is 335 g/mol. The van der Waals surface area contributed by atoms with Crippen molar-refractivity contribution in [1.82, 2.24) is 0 Å². The summed E-state index contributed by atoms with van der Waals surface area (Å²) in [5, 5.41) is 0. The smallest absolute Gasteiger partial charge is 0.128 e. The Kier molecular flexibility index (Phi) is 4.56. The Morgan fingerprint density at radius 1 is 1.21 bits per heavy atom. The average Bonchev–Trinajstić information content (AvgIpc) is 2.38. The van der Waals surface area contributed by atoms with Gasteiger partial charge in [-0.25, -0.2) is 0 Å². The number of benzene rings is 2. The van der Waals surface area contributed by atoms with E-state index in [2.05, 4.69) is 28.9 Å². The number of aryl methyl sites for hydroxylation is 1. The summed E-state index contributed by atoms with van der Waals surface area (Å²) < 4.78 is 6.66. The molecule has 19 heavy (non-hydrogen) atoms. The van der Waals surface area contributed by atoms with Crippen molar-refractivity contribution in [3.8, 4) is 11.5 Å². The molecule has 0 amide bonds. The minimum absolute atomic E-state index is 0.367. The average molecular weight is 336 g/mol. The zero-order valence-electron chi connectivity index (χ0n) is 10.5. The van der Waals surface area contributed by atoms with Gasteiger partial charge >= 0.3 is 0 Å². The number of nitrogens with two attached hydrogens (primary N) is 1. The van der Waals surface area contributed by atoms with E-state index in [1.54, 1.807) is 0 Å². The third kappa shape index (κ3) is 3.55. The van der Waals surface area contributed by atoms with Crippen molar-refractivity contribution in [2.24, 2.45) is 5.73 Å². The van der Waals surface area contributed by atoms with Crippen molar-refractivity contribution >= 4 is 33.1 Å². The fourth-order valence-corrected chi connectivity index (χ4v) is 2.60. The summed E-state index contributed by atoms with van der Waals surface area (Å²) >= 11 is 8.40. The third-order valence-corrected chi connectivity index (χ3v) is 3.62.